The van der Waals surface area contributed by atoms with Gasteiger partial charge in [-0.15, -0.1) is 0 Å². The van der Waals surface area contributed by atoms with Crippen molar-refractivity contribution in [3.8, 4) is 0 Å². The van der Waals surface area contributed by atoms with Gasteiger partial charge in [0.1, 0.15) is 18.1 Å². The van der Waals surface area contributed by atoms with Crippen LogP contribution in [0.25, 0.3) is 0 Å². The Bertz CT molecular complexity index is 683. The lowest BCUT2D eigenvalue weighted by Crippen LogP contribution is -2.59. The van der Waals surface area contributed by atoms with Crippen molar-refractivity contribution in [2.24, 2.45) is 5.73 Å². The van der Waals surface area contributed by atoms with Crippen LogP contribution in [0.5, 0.6) is 0 Å². The number of aromatic nitrogens is 2. The normalized spacial score (nSPS) is 15.0. The number of carboxylic acids is 1. The molecule has 0 aliphatic carbocycles. The lowest BCUT2D eigenvalue weighted by molar-refractivity contribution is -0.142. The minimum absolute atomic E-state index is 0.0445. The van der Waals surface area contributed by atoms with Gasteiger partial charge in [0.05, 0.1) is 19.0 Å². The molecule has 28 heavy (non-hydrogen) atoms. The number of aliphatic carboxylic acids is 1. The molecule has 1 aromatic heterocycles. The Labute approximate surface area is 166 Å². The molecule has 1 rings (SSSR count). The number of thiol groups is 1. The van der Waals surface area contributed by atoms with Crippen LogP contribution < -0.4 is 21.7 Å². The van der Waals surface area contributed by atoms with Gasteiger partial charge < -0.3 is 36.9 Å². The number of H-pyrrole nitrogens is 1. The summed E-state index contributed by atoms with van der Waals surface area (Å²) in [6, 6.07) is -3.81. The summed E-state index contributed by atoms with van der Waals surface area (Å²) in [4.78, 5) is 54.0. The van der Waals surface area contributed by atoms with E-state index in [9.17, 15) is 29.4 Å². The summed E-state index contributed by atoms with van der Waals surface area (Å²) in [6.45, 7) is 0.891. The fraction of sp³-hybridized carbons (Fsp3) is 0.533. The molecule has 3 amide bonds. The monoisotopic (exact) mass is 416 g/mol. The number of nitrogens with two attached hydrogens (primary N) is 1. The zero-order valence-corrected chi connectivity index (χ0v) is 16.0. The van der Waals surface area contributed by atoms with E-state index in [-0.39, 0.29) is 18.7 Å². The largest absolute Gasteiger partial charge is 0.480 e. The van der Waals surface area contributed by atoms with E-state index in [1.54, 1.807) is 0 Å². The second-order valence-corrected chi connectivity index (χ2v) is 6.28. The van der Waals surface area contributed by atoms with Crippen molar-refractivity contribution >= 4 is 36.3 Å². The molecule has 1 heterocycles. The minimum atomic E-state index is -1.34. The first-order valence-electron chi connectivity index (χ1n) is 8.28. The zero-order chi connectivity index (χ0) is 21.3. The third kappa shape index (κ3) is 7.17. The molecule has 0 saturated carbocycles. The highest BCUT2D eigenvalue weighted by Gasteiger charge is 2.31. The van der Waals surface area contributed by atoms with Gasteiger partial charge in [-0.05, 0) is 6.92 Å². The van der Waals surface area contributed by atoms with Crippen LogP contribution in [0, 0.1) is 0 Å². The molecule has 0 spiro atoms. The lowest BCUT2D eigenvalue weighted by atomic mass is 10.1. The number of imidazole rings is 1. The molecule has 0 radical (unpaired) electrons. The molecule has 4 unspecified atom stereocenters. The number of aliphatic hydroxyl groups is 1. The van der Waals surface area contributed by atoms with E-state index >= 15 is 0 Å². The van der Waals surface area contributed by atoms with Crippen LogP contribution in [-0.2, 0) is 25.6 Å². The Hall–Kier alpha value is -2.64. The van der Waals surface area contributed by atoms with Crippen LogP contribution >= 0.6 is 12.6 Å². The molecule has 0 aliphatic rings. The van der Waals surface area contributed by atoms with Gasteiger partial charge in [-0.2, -0.15) is 12.6 Å². The summed E-state index contributed by atoms with van der Waals surface area (Å²) in [5.41, 5.74) is 5.67. The van der Waals surface area contributed by atoms with Gasteiger partial charge in [0.25, 0.3) is 0 Å². The molecular formula is C15H24N6O6S. The fourth-order valence-electron chi connectivity index (χ4n) is 2.18. The lowest BCUT2D eigenvalue weighted by Gasteiger charge is -2.24. The Morgan fingerprint density at radius 3 is 2.32 bits per heavy atom. The Morgan fingerprint density at radius 2 is 1.86 bits per heavy atom. The molecule has 0 bridgehead atoms. The number of aliphatic hydroxyl groups excluding tert-OH is 1. The smallest absolute Gasteiger partial charge is 0.326 e. The van der Waals surface area contributed by atoms with E-state index in [1.807, 2.05) is 0 Å². The standard InChI is InChI=1S/C15H24N6O6S/c1-7(22)12(21-11(23)3-16)14(25)20-10(5-28)13(24)19-9(15(26)27)2-8-4-17-6-18-8/h4,6-7,9-10,12,22,28H,2-3,5,16H2,1H3,(H,17,18)(H,19,24)(H,20,25)(H,21,23)(H,26,27). The molecule has 0 fully saturated rings. The van der Waals surface area contributed by atoms with Crippen molar-refractivity contribution in [2.45, 2.75) is 37.6 Å². The molecule has 156 valence electrons. The van der Waals surface area contributed by atoms with Gasteiger partial charge in [0.2, 0.25) is 17.7 Å². The highest BCUT2D eigenvalue weighted by molar-refractivity contribution is 7.80. The Kier molecular flexibility index (Phi) is 9.41. The van der Waals surface area contributed by atoms with Crippen LogP contribution in [0.3, 0.4) is 0 Å². The van der Waals surface area contributed by atoms with Crippen molar-refractivity contribution in [1.29, 1.82) is 0 Å². The minimum Gasteiger partial charge on any atom is -0.480 e. The maximum atomic E-state index is 12.4. The van der Waals surface area contributed by atoms with Crippen LogP contribution in [0.4, 0.5) is 0 Å². The topological polar surface area (TPSA) is 200 Å². The SMILES string of the molecule is CC(O)C(NC(=O)CN)C(=O)NC(CS)C(=O)NC(Cc1cnc[nH]1)C(=O)O. The van der Waals surface area contributed by atoms with E-state index in [4.69, 9.17) is 5.73 Å². The Morgan fingerprint density at radius 1 is 1.21 bits per heavy atom. The molecule has 0 saturated heterocycles. The quantitative estimate of drug-likeness (QED) is 0.172. The summed E-state index contributed by atoms with van der Waals surface area (Å²) in [7, 11) is 0. The zero-order valence-electron chi connectivity index (χ0n) is 15.1. The fourth-order valence-corrected chi connectivity index (χ4v) is 2.44. The number of nitrogens with one attached hydrogen (secondary N) is 4. The molecule has 0 aromatic carbocycles. The van der Waals surface area contributed by atoms with Gasteiger partial charge in [0, 0.05) is 24.1 Å². The van der Waals surface area contributed by atoms with Crippen molar-refractivity contribution in [1.82, 2.24) is 25.9 Å². The van der Waals surface area contributed by atoms with Gasteiger partial charge in [-0.1, -0.05) is 0 Å². The third-order valence-corrected chi connectivity index (χ3v) is 4.04. The van der Waals surface area contributed by atoms with Gasteiger partial charge in [0.15, 0.2) is 0 Å². The summed E-state index contributed by atoms with van der Waals surface area (Å²) in [5, 5.41) is 25.9. The third-order valence-electron chi connectivity index (χ3n) is 3.68. The molecule has 0 aliphatic heterocycles. The number of hydrogen-bond acceptors (Lipinski definition) is 8. The Balaban J connectivity index is 2.78. The number of aromatic amines is 1. The first kappa shape index (κ1) is 23.4. The summed E-state index contributed by atoms with van der Waals surface area (Å²) < 4.78 is 0. The van der Waals surface area contributed by atoms with Crippen LogP contribution in [0.15, 0.2) is 12.5 Å². The number of rotatable bonds is 11. The van der Waals surface area contributed by atoms with Crippen LogP contribution in [0.2, 0.25) is 0 Å². The number of carbonyl (C=O) groups is 4. The number of nitrogens with zero attached hydrogens (tertiary/aromatic N) is 1. The first-order valence-corrected chi connectivity index (χ1v) is 8.92. The summed E-state index contributed by atoms with van der Waals surface area (Å²) >= 11 is 3.99. The molecule has 12 nitrogen and oxygen atoms in total. The predicted molar refractivity (Wildman–Crippen MR) is 100 cm³/mol. The van der Waals surface area contributed by atoms with E-state index in [2.05, 4.69) is 38.5 Å². The van der Waals surface area contributed by atoms with E-state index in [0.717, 1.165) is 0 Å². The number of carbonyl (C=O) groups excluding carboxylic acids is 3. The maximum Gasteiger partial charge on any atom is 0.326 e. The van der Waals surface area contributed by atoms with E-state index in [1.165, 1.54) is 19.4 Å². The van der Waals surface area contributed by atoms with Crippen molar-refractivity contribution in [3.05, 3.63) is 18.2 Å². The molecule has 8 N–H and O–H groups in total. The molecule has 4 atom stereocenters. The van der Waals surface area contributed by atoms with Crippen molar-refractivity contribution in [3.63, 3.8) is 0 Å². The number of carboxylic acid groups (broad SMARTS) is 1. The van der Waals surface area contributed by atoms with E-state index in [0.29, 0.717) is 5.69 Å². The number of amides is 3. The highest BCUT2D eigenvalue weighted by atomic mass is 32.1. The summed E-state index contributed by atoms with van der Waals surface area (Å²) in [5.74, 6) is -3.72. The summed E-state index contributed by atoms with van der Waals surface area (Å²) in [6.07, 6.45) is 1.50. The van der Waals surface area contributed by atoms with Gasteiger partial charge in [-0.25, -0.2) is 9.78 Å². The van der Waals surface area contributed by atoms with Crippen molar-refractivity contribution in [2.75, 3.05) is 12.3 Å². The molecule has 13 heteroatoms. The molecule has 1 aromatic rings. The maximum absolute atomic E-state index is 12.4. The molecular weight excluding hydrogens is 392 g/mol. The second-order valence-electron chi connectivity index (χ2n) is 5.91. The average molecular weight is 416 g/mol. The average Bonchev–Trinajstić information content (AvgIpc) is 3.15. The van der Waals surface area contributed by atoms with Crippen molar-refractivity contribution < 1.29 is 29.4 Å². The number of hydrogen-bond donors (Lipinski definition) is 8. The van der Waals surface area contributed by atoms with Gasteiger partial charge >= 0.3 is 5.97 Å². The van der Waals surface area contributed by atoms with Gasteiger partial charge in [-0.3, -0.25) is 14.4 Å². The highest BCUT2D eigenvalue weighted by Crippen LogP contribution is 2.01. The van der Waals surface area contributed by atoms with Crippen LogP contribution in [-0.4, -0.2) is 80.4 Å². The van der Waals surface area contributed by atoms with Crippen LogP contribution in [0.1, 0.15) is 12.6 Å². The second kappa shape index (κ2) is 11.3. The van der Waals surface area contributed by atoms with E-state index < -0.39 is 47.9 Å². The first-order chi connectivity index (χ1) is 13.2. The predicted octanol–water partition coefficient (Wildman–Crippen LogP) is -3.24.